The third kappa shape index (κ3) is 1.96. The lowest BCUT2D eigenvalue weighted by atomic mass is 10.00. The molecule has 0 aliphatic heterocycles. The Morgan fingerprint density at radius 3 is 2.89 bits per heavy atom. The molecule has 0 amide bonds. The van der Waals surface area contributed by atoms with Gasteiger partial charge in [-0.25, -0.2) is 0 Å². The Kier molecular flexibility index (Phi) is 3.35. The van der Waals surface area contributed by atoms with Gasteiger partial charge in [-0.1, -0.05) is 30.2 Å². The summed E-state index contributed by atoms with van der Waals surface area (Å²) in [6, 6.07) is 6.99. The van der Waals surface area contributed by atoms with E-state index in [1.165, 1.54) is 0 Å². The number of ketones is 1. The highest BCUT2D eigenvalue weighted by atomic mass is 16.1. The molecule has 2 aromatic rings. The molecule has 5 nitrogen and oxygen atoms in total. The van der Waals surface area contributed by atoms with Crippen molar-refractivity contribution in [2.75, 3.05) is 0 Å². The average molecular weight is 242 g/mol. The monoisotopic (exact) mass is 242 g/mol. The zero-order valence-corrected chi connectivity index (χ0v) is 10.3. The van der Waals surface area contributed by atoms with Gasteiger partial charge < -0.3 is 4.98 Å². The van der Waals surface area contributed by atoms with E-state index in [1.807, 2.05) is 38.1 Å². The quantitative estimate of drug-likeness (QED) is 0.376. The summed E-state index contributed by atoms with van der Waals surface area (Å²) in [6.45, 7) is 3.69. The van der Waals surface area contributed by atoms with Gasteiger partial charge in [0, 0.05) is 27.1 Å². The average Bonchev–Trinajstić information content (AvgIpc) is 2.71. The Bertz CT molecular complexity index is 637. The van der Waals surface area contributed by atoms with Crippen LogP contribution in [0, 0.1) is 6.92 Å². The lowest BCUT2D eigenvalue weighted by Crippen LogP contribution is -2.17. The summed E-state index contributed by atoms with van der Waals surface area (Å²) in [7, 11) is 0. The fourth-order valence-corrected chi connectivity index (χ4v) is 2.14. The van der Waals surface area contributed by atoms with Crippen LogP contribution in [0.4, 0.5) is 0 Å². The highest BCUT2D eigenvalue weighted by Crippen LogP contribution is 2.24. The molecule has 0 saturated heterocycles. The van der Waals surface area contributed by atoms with Gasteiger partial charge >= 0.3 is 0 Å². The van der Waals surface area contributed by atoms with Crippen LogP contribution in [-0.4, -0.2) is 16.8 Å². The summed E-state index contributed by atoms with van der Waals surface area (Å²) < 4.78 is 0. The predicted molar refractivity (Wildman–Crippen MR) is 70.6 cm³/mol. The summed E-state index contributed by atoms with van der Waals surface area (Å²) >= 11 is 0. The van der Waals surface area contributed by atoms with E-state index in [4.69, 9.17) is 5.53 Å². The number of hydrogen-bond donors (Lipinski definition) is 1. The van der Waals surface area contributed by atoms with Crippen LogP contribution in [0.1, 0.15) is 29.4 Å². The van der Waals surface area contributed by atoms with Crippen molar-refractivity contribution < 1.29 is 4.79 Å². The topological polar surface area (TPSA) is 81.6 Å². The number of para-hydroxylation sites is 1. The van der Waals surface area contributed by atoms with Crippen molar-refractivity contribution in [1.29, 1.82) is 0 Å². The number of aryl methyl sites for hydroxylation is 1. The molecule has 1 aromatic carbocycles. The SMILES string of the molecule is CC[C@@H](N=[N+]=[N-])C(=O)c1c(C)[nH]c2ccccc12. The molecule has 0 aliphatic carbocycles. The Balaban J connectivity index is 2.56. The van der Waals surface area contributed by atoms with Gasteiger partial charge in [0.1, 0.15) is 6.04 Å². The van der Waals surface area contributed by atoms with Crippen LogP contribution in [0.3, 0.4) is 0 Å². The number of nitrogens with one attached hydrogen (secondary N) is 1. The number of rotatable bonds is 4. The zero-order valence-electron chi connectivity index (χ0n) is 10.3. The van der Waals surface area contributed by atoms with Crippen LogP contribution in [0.5, 0.6) is 0 Å². The fourth-order valence-electron chi connectivity index (χ4n) is 2.14. The third-order valence-electron chi connectivity index (χ3n) is 3.02. The fraction of sp³-hybridized carbons (Fsp3) is 0.308. The second-order valence-electron chi connectivity index (χ2n) is 4.16. The Morgan fingerprint density at radius 2 is 2.22 bits per heavy atom. The molecular formula is C13H14N4O. The molecule has 0 aliphatic rings. The highest BCUT2D eigenvalue weighted by Gasteiger charge is 2.22. The second-order valence-corrected chi connectivity index (χ2v) is 4.16. The summed E-state index contributed by atoms with van der Waals surface area (Å²) in [5.74, 6) is -0.120. The first-order valence-electron chi connectivity index (χ1n) is 5.84. The molecule has 1 N–H and O–H groups in total. The molecule has 0 saturated carbocycles. The van der Waals surface area contributed by atoms with E-state index in [2.05, 4.69) is 15.0 Å². The number of hydrogen-bond acceptors (Lipinski definition) is 2. The first-order valence-corrected chi connectivity index (χ1v) is 5.84. The van der Waals surface area contributed by atoms with Crippen LogP contribution in [0.25, 0.3) is 21.3 Å². The first kappa shape index (κ1) is 12.2. The number of H-pyrrole nitrogens is 1. The van der Waals surface area contributed by atoms with Crippen molar-refractivity contribution >= 4 is 16.7 Å². The van der Waals surface area contributed by atoms with Crippen LogP contribution >= 0.6 is 0 Å². The molecule has 0 radical (unpaired) electrons. The van der Waals surface area contributed by atoms with Crippen molar-refractivity contribution in [2.45, 2.75) is 26.3 Å². The molecule has 5 heteroatoms. The molecule has 0 bridgehead atoms. The second kappa shape index (κ2) is 4.94. The molecule has 1 atom stereocenters. The largest absolute Gasteiger partial charge is 0.358 e. The van der Waals surface area contributed by atoms with Gasteiger partial charge in [0.15, 0.2) is 5.78 Å². The predicted octanol–water partition coefficient (Wildman–Crippen LogP) is 3.75. The minimum absolute atomic E-state index is 0.120. The van der Waals surface area contributed by atoms with E-state index in [-0.39, 0.29) is 5.78 Å². The number of benzene rings is 1. The van der Waals surface area contributed by atoms with E-state index in [1.54, 1.807) is 0 Å². The zero-order chi connectivity index (χ0) is 13.1. The minimum Gasteiger partial charge on any atom is -0.358 e. The van der Waals surface area contributed by atoms with Gasteiger partial charge in [0.2, 0.25) is 0 Å². The summed E-state index contributed by atoms with van der Waals surface area (Å²) in [5.41, 5.74) is 10.9. The van der Waals surface area contributed by atoms with Crippen LogP contribution < -0.4 is 0 Å². The van der Waals surface area contributed by atoms with Crippen LogP contribution in [-0.2, 0) is 0 Å². The van der Waals surface area contributed by atoms with Gasteiger partial charge in [0.05, 0.1) is 0 Å². The van der Waals surface area contributed by atoms with E-state index in [9.17, 15) is 4.79 Å². The number of Topliss-reactive ketones (excluding diaryl/α,β-unsaturated/α-hetero) is 1. The normalized spacial score (nSPS) is 12.1. The maximum atomic E-state index is 12.4. The summed E-state index contributed by atoms with van der Waals surface area (Å²) in [5, 5.41) is 4.44. The standard InChI is InChI=1S/C13H14N4O/c1-3-10(16-17-14)13(18)12-8(2)15-11-7-5-4-6-9(11)12/h4-7,10,15H,3H2,1-2H3/t10-/m1/s1. The van der Waals surface area contributed by atoms with Crippen molar-refractivity contribution in [3.05, 3.63) is 46.0 Å². The number of carbonyl (C=O) groups excluding carboxylic acids is 1. The lowest BCUT2D eigenvalue weighted by molar-refractivity contribution is 0.0961. The Morgan fingerprint density at radius 1 is 1.50 bits per heavy atom. The molecule has 0 unspecified atom stereocenters. The number of aromatic nitrogens is 1. The number of fused-ring (bicyclic) bond motifs is 1. The minimum atomic E-state index is -0.632. The van der Waals surface area contributed by atoms with E-state index in [0.717, 1.165) is 16.6 Å². The highest BCUT2D eigenvalue weighted by molar-refractivity contribution is 6.11. The number of carbonyl (C=O) groups is 1. The number of nitrogens with zero attached hydrogens (tertiary/aromatic N) is 3. The molecule has 92 valence electrons. The van der Waals surface area contributed by atoms with Gasteiger partial charge in [0.25, 0.3) is 0 Å². The van der Waals surface area contributed by atoms with Crippen molar-refractivity contribution in [3.8, 4) is 0 Å². The first-order chi connectivity index (χ1) is 8.69. The molecule has 1 aromatic heterocycles. The molecule has 1 heterocycles. The van der Waals surface area contributed by atoms with Crippen LogP contribution in [0.2, 0.25) is 0 Å². The van der Waals surface area contributed by atoms with E-state index in [0.29, 0.717) is 12.0 Å². The summed E-state index contributed by atoms with van der Waals surface area (Å²) in [4.78, 5) is 18.3. The summed E-state index contributed by atoms with van der Waals surface area (Å²) in [6.07, 6.45) is 0.502. The van der Waals surface area contributed by atoms with Gasteiger partial charge in [-0.2, -0.15) is 0 Å². The number of aromatic amines is 1. The van der Waals surface area contributed by atoms with Crippen LogP contribution in [0.15, 0.2) is 29.4 Å². The van der Waals surface area contributed by atoms with Crippen molar-refractivity contribution in [3.63, 3.8) is 0 Å². The van der Waals surface area contributed by atoms with Gasteiger partial charge in [-0.3, -0.25) is 4.79 Å². The number of azide groups is 1. The Hall–Kier alpha value is -2.26. The maximum Gasteiger partial charge on any atom is 0.174 e. The molecule has 2 rings (SSSR count). The molecule has 0 fully saturated rings. The molecule has 18 heavy (non-hydrogen) atoms. The van der Waals surface area contributed by atoms with Gasteiger partial charge in [-0.15, -0.1) is 0 Å². The Labute approximate surface area is 104 Å². The van der Waals surface area contributed by atoms with E-state index < -0.39 is 6.04 Å². The third-order valence-corrected chi connectivity index (χ3v) is 3.02. The molecule has 0 spiro atoms. The van der Waals surface area contributed by atoms with Crippen molar-refractivity contribution in [1.82, 2.24) is 4.98 Å². The van der Waals surface area contributed by atoms with Crippen molar-refractivity contribution in [2.24, 2.45) is 5.11 Å². The molecular weight excluding hydrogens is 228 g/mol. The van der Waals surface area contributed by atoms with E-state index >= 15 is 0 Å². The lowest BCUT2D eigenvalue weighted by Gasteiger charge is -2.07. The van der Waals surface area contributed by atoms with Gasteiger partial charge in [-0.05, 0) is 24.9 Å². The maximum absolute atomic E-state index is 12.4. The smallest absolute Gasteiger partial charge is 0.174 e.